The number of carbonyl (C=O) groups excluding carboxylic acids is 1. The third-order valence-corrected chi connectivity index (χ3v) is 4.72. The molecule has 0 bridgehead atoms. The van der Waals surface area contributed by atoms with E-state index in [1.165, 1.54) is 11.1 Å². The molecular weight excluding hydrogens is 336 g/mol. The van der Waals surface area contributed by atoms with Crippen LogP contribution in [0.4, 0.5) is 5.88 Å². The number of carbonyl (C=O) groups is 2. The van der Waals surface area contributed by atoms with Crippen molar-refractivity contribution >= 4 is 29.7 Å². The minimum absolute atomic E-state index is 0.0400. The van der Waals surface area contributed by atoms with Gasteiger partial charge in [-0.15, -0.1) is 5.01 Å². The Kier molecular flexibility index (Phi) is 4.80. The summed E-state index contributed by atoms with van der Waals surface area (Å²) < 4.78 is 5.62. The van der Waals surface area contributed by atoms with Crippen LogP contribution in [0.25, 0.3) is 10.9 Å². The molecular formula is C18H20N4O4. The van der Waals surface area contributed by atoms with Crippen LogP contribution in [0.15, 0.2) is 27.2 Å². The van der Waals surface area contributed by atoms with E-state index in [2.05, 4.69) is 9.95 Å². The molecule has 1 saturated carbocycles. The predicted octanol–water partition coefficient (Wildman–Crippen LogP) is 2.45. The third kappa shape index (κ3) is 3.33. The van der Waals surface area contributed by atoms with E-state index >= 15 is 0 Å². The number of carboxylic acid groups (broad SMARTS) is 1. The molecule has 0 radical (unpaired) electrons. The average Bonchev–Trinajstić information content (AvgIpc) is 3.21. The predicted molar refractivity (Wildman–Crippen MR) is 95.3 cm³/mol. The van der Waals surface area contributed by atoms with Gasteiger partial charge < -0.3 is 19.3 Å². The second kappa shape index (κ2) is 7.04. The Morgan fingerprint density at radius 2 is 2.08 bits per heavy atom. The molecule has 2 heterocycles. The van der Waals surface area contributed by atoms with Gasteiger partial charge in [0.05, 0.1) is 17.5 Å². The van der Waals surface area contributed by atoms with Crippen LogP contribution in [0.5, 0.6) is 0 Å². The number of hydrazone groups is 1. The fraction of sp³-hybridized carbons (Fsp3) is 0.444. The molecule has 1 amide bonds. The highest BCUT2D eigenvalue weighted by atomic mass is 16.4. The topological polar surface area (TPSA) is 90.7 Å². The van der Waals surface area contributed by atoms with E-state index in [0.29, 0.717) is 37.3 Å². The van der Waals surface area contributed by atoms with Crippen molar-refractivity contribution in [3.8, 4) is 0 Å². The summed E-state index contributed by atoms with van der Waals surface area (Å²) in [5.41, 5.74) is 0.208. The Hall–Kier alpha value is -3.08. The van der Waals surface area contributed by atoms with E-state index in [-0.39, 0.29) is 29.3 Å². The first-order valence-electron chi connectivity index (χ1n) is 8.42. The van der Waals surface area contributed by atoms with Crippen molar-refractivity contribution in [1.82, 2.24) is 5.01 Å². The fourth-order valence-corrected chi connectivity index (χ4v) is 3.25. The monoisotopic (exact) mass is 356 g/mol. The summed E-state index contributed by atoms with van der Waals surface area (Å²) in [6.07, 6.45) is 3.69. The van der Waals surface area contributed by atoms with Gasteiger partial charge in [0.2, 0.25) is 0 Å². The van der Waals surface area contributed by atoms with Crippen molar-refractivity contribution in [1.29, 1.82) is 0 Å². The zero-order valence-corrected chi connectivity index (χ0v) is 14.7. The maximum Gasteiger partial charge on any atom is 0.307 e. The third-order valence-electron chi connectivity index (χ3n) is 4.72. The van der Waals surface area contributed by atoms with Gasteiger partial charge in [-0.05, 0) is 42.9 Å². The lowest BCUT2D eigenvalue weighted by Gasteiger charge is -2.28. The standard InChI is InChI=1S/C18H20N4O4/c1-19-16-14(10-13-8-9-15(26-13)21(2)3)17(23)22(20-16)12-6-4-11(5-7-12)18(24)25/h8-12H,4-7H2,2-3H3,(H,24,25). The Labute approximate surface area is 151 Å². The highest BCUT2D eigenvalue weighted by Gasteiger charge is 2.40. The van der Waals surface area contributed by atoms with E-state index in [0.717, 1.165) is 0 Å². The van der Waals surface area contributed by atoms with Crippen LogP contribution < -0.4 is 4.90 Å². The number of anilines is 1. The number of rotatable bonds is 4. The van der Waals surface area contributed by atoms with E-state index < -0.39 is 5.97 Å². The number of hydrogen-bond acceptors (Lipinski definition) is 5. The van der Waals surface area contributed by atoms with Crippen molar-refractivity contribution in [2.24, 2.45) is 11.0 Å². The van der Waals surface area contributed by atoms with Gasteiger partial charge in [0.1, 0.15) is 5.76 Å². The van der Waals surface area contributed by atoms with E-state index in [1.54, 1.807) is 17.0 Å². The van der Waals surface area contributed by atoms with Crippen molar-refractivity contribution < 1.29 is 19.1 Å². The van der Waals surface area contributed by atoms with Crippen LogP contribution in [0.1, 0.15) is 31.4 Å². The fourth-order valence-electron chi connectivity index (χ4n) is 3.25. The van der Waals surface area contributed by atoms with Gasteiger partial charge in [-0.1, -0.05) is 6.57 Å². The number of amidine groups is 1. The zero-order valence-electron chi connectivity index (χ0n) is 14.7. The summed E-state index contributed by atoms with van der Waals surface area (Å²) in [5.74, 6) is -0.333. The van der Waals surface area contributed by atoms with Crippen LogP contribution in [0.3, 0.4) is 0 Å². The summed E-state index contributed by atoms with van der Waals surface area (Å²) in [6, 6.07) is 3.35. The van der Waals surface area contributed by atoms with E-state index in [9.17, 15) is 9.59 Å². The number of nitrogens with zero attached hydrogens (tertiary/aromatic N) is 4. The second-order valence-electron chi connectivity index (χ2n) is 6.66. The normalized spacial score (nSPS) is 24.5. The molecule has 8 heteroatoms. The Morgan fingerprint density at radius 1 is 1.38 bits per heavy atom. The van der Waals surface area contributed by atoms with Gasteiger partial charge in [0.25, 0.3) is 5.91 Å². The van der Waals surface area contributed by atoms with Gasteiger partial charge >= 0.3 is 11.8 Å². The van der Waals surface area contributed by atoms with Crippen molar-refractivity contribution in [3.05, 3.63) is 34.9 Å². The number of carboxylic acids is 1. The minimum atomic E-state index is -0.795. The first kappa shape index (κ1) is 17.7. The summed E-state index contributed by atoms with van der Waals surface area (Å²) in [7, 11) is 3.69. The molecule has 1 aliphatic heterocycles. The van der Waals surface area contributed by atoms with Crippen LogP contribution in [0.2, 0.25) is 0 Å². The first-order chi connectivity index (χ1) is 12.4. The molecule has 0 saturated heterocycles. The number of amides is 1. The molecule has 1 aromatic heterocycles. The largest absolute Gasteiger partial charge is 0.481 e. The molecule has 136 valence electrons. The number of furan rings is 1. The molecule has 1 aliphatic carbocycles. The highest BCUT2D eigenvalue weighted by molar-refractivity contribution is 6.29. The van der Waals surface area contributed by atoms with Gasteiger partial charge in [-0.25, -0.2) is 0 Å². The minimum Gasteiger partial charge on any atom is -0.481 e. The van der Waals surface area contributed by atoms with Crippen LogP contribution in [-0.4, -0.2) is 48.0 Å². The molecule has 0 spiro atoms. The molecule has 0 aromatic carbocycles. The summed E-state index contributed by atoms with van der Waals surface area (Å²) in [5, 5.41) is 14.6. The second-order valence-corrected chi connectivity index (χ2v) is 6.66. The molecule has 2 aliphatic rings. The van der Waals surface area contributed by atoms with Gasteiger partial charge in [-0.3, -0.25) is 9.59 Å². The maximum absolute atomic E-state index is 12.8. The molecule has 26 heavy (non-hydrogen) atoms. The summed E-state index contributed by atoms with van der Waals surface area (Å²) in [4.78, 5) is 29.0. The molecule has 1 fully saturated rings. The SMILES string of the molecule is [C-]#[N+]C1=NN(C2CCC(C(=O)O)CC2)C(=O)C1=Cc1ccc(N(C)C)o1. The van der Waals surface area contributed by atoms with Crippen molar-refractivity contribution in [2.45, 2.75) is 31.7 Å². The average molecular weight is 356 g/mol. The van der Waals surface area contributed by atoms with E-state index in [4.69, 9.17) is 16.1 Å². The molecule has 8 nitrogen and oxygen atoms in total. The maximum atomic E-state index is 12.8. The molecule has 1 N–H and O–H groups in total. The lowest BCUT2D eigenvalue weighted by atomic mass is 9.86. The lowest BCUT2D eigenvalue weighted by Crippen LogP contribution is -2.37. The summed E-state index contributed by atoms with van der Waals surface area (Å²) >= 11 is 0. The quantitative estimate of drug-likeness (QED) is 0.661. The number of hydrogen-bond donors (Lipinski definition) is 1. The first-order valence-corrected chi connectivity index (χ1v) is 8.42. The van der Waals surface area contributed by atoms with Gasteiger partial charge in [0.15, 0.2) is 5.88 Å². The Morgan fingerprint density at radius 3 is 2.62 bits per heavy atom. The zero-order chi connectivity index (χ0) is 18.8. The van der Waals surface area contributed by atoms with Crippen LogP contribution in [0, 0.1) is 12.5 Å². The van der Waals surface area contributed by atoms with Crippen LogP contribution in [-0.2, 0) is 9.59 Å². The van der Waals surface area contributed by atoms with Crippen molar-refractivity contribution in [2.75, 3.05) is 19.0 Å². The number of aliphatic carboxylic acids is 1. The molecule has 1 aromatic rings. The summed E-state index contributed by atoms with van der Waals surface area (Å²) in [6.45, 7) is 7.31. The smallest absolute Gasteiger partial charge is 0.307 e. The Balaban J connectivity index is 1.79. The lowest BCUT2D eigenvalue weighted by molar-refractivity contribution is -0.143. The van der Waals surface area contributed by atoms with E-state index in [1.807, 2.05) is 14.1 Å². The van der Waals surface area contributed by atoms with Crippen LogP contribution >= 0.6 is 0 Å². The van der Waals surface area contributed by atoms with Crippen molar-refractivity contribution in [3.63, 3.8) is 0 Å². The van der Waals surface area contributed by atoms with Gasteiger partial charge in [0, 0.05) is 20.2 Å². The Bertz CT molecular complexity index is 822. The van der Waals surface area contributed by atoms with Gasteiger partial charge in [-0.2, -0.15) is 0 Å². The molecule has 3 rings (SSSR count). The highest BCUT2D eigenvalue weighted by Crippen LogP contribution is 2.32. The molecule has 0 atom stereocenters. The molecule has 0 unspecified atom stereocenters.